The molecular weight excluding hydrogens is 313 g/mol. The third-order valence-corrected chi connectivity index (χ3v) is 5.04. The first-order valence-electron chi connectivity index (χ1n) is 7.79. The van der Waals surface area contributed by atoms with Crippen molar-refractivity contribution in [1.29, 1.82) is 0 Å². The maximum atomic E-state index is 13.5. The molecule has 2 atom stereocenters. The van der Waals surface area contributed by atoms with E-state index < -0.39 is 0 Å². The average molecular weight is 333 g/mol. The van der Waals surface area contributed by atoms with Gasteiger partial charge < -0.3 is 10.6 Å². The fourth-order valence-corrected chi connectivity index (χ4v) is 3.88. The first-order chi connectivity index (χ1) is 11.1. The summed E-state index contributed by atoms with van der Waals surface area (Å²) < 4.78 is 13.5. The molecule has 1 aromatic carbocycles. The number of nitrogens with two attached hydrogens (primary N) is 1. The number of carbonyl (C=O) groups excluding carboxylic acids is 1. The Labute approximate surface area is 139 Å². The summed E-state index contributed by atoms with van der Waals surface area (Å²) in [6.07, 6.45) is 1.52. The van der Waals surface area contributed by atoms with Crippen LogP contribution in [0.15, 0.2) is 29.6 Å². The number of thiazole rings is 1. The Kier molecular flexibility index (Phi) is 4.73. The van der Waals surface area contributed by atoms with Crippen LogP contribution in [0.25, 0.3) is 0 Å². The Balaban J connectivity index is 1.85. The number of amides is 1. The minimum absolute atomic E-state index is 0.0804. The quantitative estimate of drug-likeness (QED) is 0.936. The maximum Gasteiger partial charge on any atom is 0.273 e. The van der Waals surface area contributed by atoms with Crippen LogP contribution in [0.3, 0.4) is 0 Å². The number of hydrogen-bond donors (Lipinski definition) is 1. The highest BCUT2D eigenvalue weighted by atomic mass is 32.1. The molecule has 0 bridgehead atoms. The van der Waals surface area contributed by atoms with E-state index in [1.165, 1.54) is 23.5 Å². The van der Waals surface area contributed by atoms with E-state index in [1.54, 1.807) is 11.4 Å². The molecule has 1 saturated heterocycles. The summed E-state index contributed by atoms with van der Waals surface area (Å²) in [5.74, 6) is 0.0332. The fraction of sp³-hybridized carbons (Fsp3) is 0.412. The van der Waals surface area contributed by atoms with Crippen molar-refractivity contribution < 1.29 is 9.18 Å². The van der Waals surface area contributed by atoms with Gasteiger partial charge >= 0.3 is 0 Å². The molecule has 1 aromatic heterocycles. The molecule has 6 heteroatoms. The van der Waals surface area contributed by atoms with E-state index in [0.717, 1.165) is 17.0 Å². The summed E-state index contributed by atoms with van der Waals surface area (Å²) >= 11 is 1.46. The van der Waals surface area contributed by atoms with Gasteiger partial charge in [0.2, 0.25) is 0 Å². The molecule has 1 aliphatic heterocycles. The van der Waals surface area contributed by atoms with Crippen molar-refractivity contribution in [1.82, 2.24) is 9.88 Å². The maximum absolute atomic E-state index is 13.5. The van der Waals surface area contributed by atoms with Crippen LogP contribution < -0.4 is 5.73 Å². The van der Waals surface area contributed by atoms with E-state index in [9.17, 15) is 9.18 Å². The third-order valence-electron chi connectivity index (χ3n) is 4.13. The van der Waals surface area contributed by atoms with Crippen LogP contribution in [0.4, 0.5) is 4.39 Å². The van der Waals surface area contributed by atoms with Gasteiger partial charge in [0.05, 0.1) is 11.0 Å². The molecule has 4 nitrogen and oxygen atoms in total. The van der Waals surface area contributed by atoms with Crippen molar-refractivity contribution in [2.45, 2.75) is 25.8 Å². The van der Waals surface area contributed by atoms with E-state index in [1.807, 2.05) is 11.0 Å². The van der Waals surface area contributed by atoms with E-state index in [0.29, 0.717) is 31.1 Å². The molecule has 1 amide bonds. The van der Waals surface area contributed by atoms with Crippen LogP contribution >= 0.6 is 11.3 Å². The van der Waals surface area contributed by atoms with Crippen LogP contribution in [-0.4, -0.2) is 28.9 Å². The van der Waals surface area contributed by atoms with Crippen LogP contribution in [-0.2, 0) is 6.42 Å². The Hall–Kier alpha value is -1.79. The molecule has 2 N–H and O–H groups in total. The molecular formula is C17H20FN3OS. The van der Waals surface area contributed by atoms with E-state index in [-0.39, 0.29) is 17.8 Å². The number of likely N-dealkylation sites (tertiary alicyclic amines) is 1. The normalized spacial score (nSPS) is 20.9. The summed E-state index contributed by atoms with van der Waals surface area (Å²) in [5.41, 5.74) is 6.85. The number of benzene rings is 1. The lowest BCUT2D eigenvalue weighted by Crippen LogP contribution is -2.31. The number of carbonyl (C=O) groups is 1. The number of aromatic nitrogens is 1. The summed E-state index contributed by atoms with van der Waals surface area (Å²) in [4.78, 5) is 19.0. The Morgan fingerprint density at radius 1 is 1.52 bits per heavy atom. The van der Waals surface area contributed by atoms with Crippen LogP contribution in [0.5, 0.6) is 0 Å². The SMILES string of the molecule is CC1CC(c2cccc(F)c2)N(C(=O)c2csc(CCN)n2)C1. The average Bonchev–Trinajstić information content (AvgIpc) is 3.14. The Bertz CT molecular complexity index is 703. The van der Waals surface area contributed by atoms with Gasteiger partial charge in [-0.25, -0.2) is 9.37 Å². The molecule has 0 spiro atoms. The molecule has 0 saturated carbocycles. The van der Waals surface area contributed by atoms with Gasteiger partial charge in [0.1, 0.15) is 11.5 Å². The van der Waals surface area contributed by atoms with Gasteiger partial charge in [0.25, 0.3) is 5.91 Å². The van der Waals surface area contributed by atoms with E-state index >= 15 is 0 Å². The summed E-state index contributed by atoms with van der Waals surface area (Å²) in [6.45, 7) is 3.30. The first kappa shape index (κ1) is 16.1. The van der Waals surface area contributed by atoms with Gasteiger partial charge in [-0.3, -0.25) is 4.79 Å². The van der Waals surface area contributed by atoms with Crippen molar-refractivity contribution in [2.24, 2.45) is 11.7 Å². The van der Waals surface area contributed by atoms with Crippen molar-refractivity contribution in [3.8, 4) is 0 Å². The molecule has 3 rings (SSSR count). The highest BCUT2D eigenvalue weighted by Crippen LogP contribution is 2.36. The van der Waals surface area contributed by atoms with Crippen LogP contribution in [0.1, 0.15) is 40.4 Å². The van der Waals surface area contributed by atoms with Crippen LogP contribution in [0.2, 0.25) is 0 Å². The van der Waals surface area contributed by atoms with Crippen LogP contribution in [0, 0.1) is 11.7 Å². The lowest BCUT2D eigenvalue weighted by molar-refractivity contribution is 0.0726. The topological polar surface area (TPSA) is 59.2 Å². The van der Waals surface area contributed by atoms with Crippen molar-refractivity contribution in [3.63, 3.8) is 0 Å². The molecule has 2 unspecified atom stereocenters. The largest absolute Gasteiger partial charge is 0.330 e. The monoisotopic (exact) mass is 333 g/mol. The van der Waals surface area contributed by atoms with Crippen molar-refractivity contribution >= 4 is 17.2 Å². The predicted molar refractivity (Wildman–Crippen MR) is 88.8 cm³/mol. The zero-order chi connectivity index (χ0) is 16.4. The summed E-state index contributed by atoms with van der Waals surface area (Å²) in [5, 5.41) is 2.67. The molecule has 1 aliphatic rings. The fourth-order valence-electron chi connectivity index (χ4n) is 3.09. The number of nitrogens with zero attached hydrogens (tertiary/aromatic N) is 2. The molecule has 0 radical (unpaired) electrons. The van der Waals surface area contributed by atoms with Gasteiger partial charge in [-0.1, -0.05) is 19.1 Å². The zero-order valence-electron chi connectivity index (χ0n) is 13.0. The van der Waals surface area contributed by atoms with Gasteiger partial charge in [0.15, 0.2) is 0 Å². The smallest absolute Gasteiger partial charge is 0.273 e. The van der Waals surface area contributed by atoms with Crippen molar-refractivity contribution in [2.75, 3.05) is 13.1 Å². The van der Waals surface area contributed by atoms with Gasteiger partial charge in [-0.15, -0.1) is 11.3 Å². The molecule has 2 aromatic rings. The lowest BCUT2D eigenvalue weighted by Gasteiger charge is -2.24. The Morgan fingerprint density at radius 2 is 2.35 bits per heavy atom. The Morgan fingerprint density at radius 3 is 3.09 bits per heavy atom. The second kappa shape index (κ2) is 6.76. The zero-order valence-corrected chi connectivity index (χ0v) is 13.9. The molecule has 23 heavy (non-hydrogen) atoms. The van der Waals surface area contributed by atoms with Crippen molar-refractivity contribution in [3.05, 3.63) is 51.7 Å². The van der Waals surface area contributed by atoms with Gasteiger partial charge in [-0.05, 0) is 36.6 Å². The second-order valence-electron chi connectivity index (χ2n) is 6.03. The number of hydrogen-bond acceptors (Lipinski definition) is 4. The minimum atomic E-state index is -0.270. The van der Waals surface area contributed by atoms with Gasteiger partial charge in [-0.2, -0.15) is 0 Å². The van der Waals surface area contributed by atoms with Gasteiger partial charge in [0, 0.05) is 18.3 Å². The molecule has 0 aliphatic carbocycles. The molecule has 2 heterocycles. The highest BCUT2D eigenvalue weighted by Gasteiger charge is 2.35. The summed E-state index contributed by atoms with van der Waals surface area (Å²) in [6, 6.07) is 6.43. The number of rotatable bonds is 4. The molecule has 122 valence electrons. The number of halogens is 1. The second-order valence-corrected chi connectivity index (χ2v) is 6.98. The summed E-state index contributed by atoms with van der Waals surface area (Å²) in [7, 11) is 0. The minimum Gasteiger partial charge on any atom is -0.330 e. The molecule has 1 fully saturated rings. The standard InChI is InChI=1S/C17H20FN3OS/c1-11-7-15(12-3-2-4-13(18)8-12)21(9-11)17(22)14-10-23-16(20-14)5-6-19/h2-4,8,10-11,15H,5-7,9,19H2,1H3. The lowest BCUT2D eigenvalue weighted by atomic mass is 10.0. The van der Waals surface area contributed by atoms with E-state index in [2.05, 4.69) is 11.9 Å². The predicted octanol–water partition coefficient (Wildman–Crippen LogP) is 3.01. The third kappa shape index (κ3) is 3.43. The van der Waals surface area contributed by atoms with E-state index in [4.69, 9.17) is 5.73 Å². The first-order valence-corrected chi connectivity index (χ1v) is 8.67. The highest BCUT2D eigenvalue weighted by molar-refractivity contribution is 7.09.